The van der Waals surface area contributed by atoms with Crippen molar-refractivity contribution in [1.29, 1.82) is 0 Å². The molecule has 1 aromatic heterocycles. The van der Waals surface area contributed by atoms with Gasteiger partial charge in [-0.2, -0.15) is 0 Å². The van der Waals surface area contributed by atoms with Crippen LogP contribution in [0.1, 0.15) is 35.7 Å². The quantitative estimate of drug-likeness (QED) is 0.919. The molecule has 0 aliphatic carbocycles. The normalized spacial score (nSPS) is 25.6. The number of thiophene rings is 1. The molecule has 2 atom stereocenters. The summed E-state index contributed by atoms with van der Waals surface area (Å²) in [7, 11) is -1.08. The highest BCUT2D eigenvalue weighted by Crippen LogP contribution is 2.32. The minimum absolute atomic E-state index is 0.0507. The summed E-state index contributed by atoms with van der Waals surface area (Å²) in [4.78, 5) is 1.23. The van der Waals surface area contributed by atoms with Gasteiger partial charge in [-0.3, -0.25) is 0 Å². The zero-order valence-electron chi connectivity index (χ0n) is 10.3. The van der Waals surface area contributed by atoms with Crippen LogP contribution in [0, 0.1) is 6.92 Å². The van der Waals surface area contributed by atoms with Gasteiger partial charge >= 0.3 is 0 Å². The van der Waals surface area contributed by atoms with E-state index >= 15 is 0 Å². The predicted octanol–water partition coefficient (Wildman–Crippen LogP) is 2.28. The van der Waals surface area contributed by atoms with Crippen molar-refractivity contribution >= 4 is 21.2 Å². The van der Waals surface area contributed by atoms with Crippen molar-refractivity contribution in [3.63, 3.8) is 0 Å². The number of hydrogen-bond acceptors (Lipinski definition) is 4. The minimum Gasteiger partial charge on any atom is -0.312 e. The van der Waals surface area contributed by atoms with Gasteiger partial charge in [0.05, 0.1) is 11.0 Å². The van der Waals surface area contributed by atoms with Gasteiger partial charge in [0.25, 0.3) is 0 Å². The number of hydrogen-bond donors (Lipinski definition) is 1. The van der Waals surface area contributed by atoms with Crippen molar-refractivity contribution in [3.05, 3.63) is 21.9 Å². The molecule has 96 valence electrons. The van der Waals surface area contributed by atoms with Crippen LogP contribution in [0.4, 0.5) is 0 Å². The van der Waals surface area contributed by atoms with Gasteiger partial charge in [0.15, 0.2) is 9.84 Å². The molecule has 2 unspecified atom stereocenters. The number of sulfone groups is 1. The third-order valence-electron chi connectivity index (χ3n) is 3.42. The summed E-state index contributed by atoms with van der Waals surface area (Å²) in [5.41, 5.74) is 1.12. The van der Waals surface area contributed by atoms with E-state index in [1.807, 2.05) is 7.05 Å². The van der Waals surface area contributed by atoms with E-state index in [4.69, 9.17) is 0 Å². The van der Waals surface area contributed by atoms with Crippen LogP contribution in [-0.2, 0) is 9.84 Å². The monoisotopic (exact) mass is 273 g/mol. The highest BCUT2D eigenvalue weighted by molar-refractivity contribution is 7.92. The minimum atomic E-state index is -2.93. The Hall–Kier alpha value is -0.390. The molecule has 0 saturated carbocycles. The fraction of sp³-hybridized carbons (Fsp3) is 0.667. The smallest absolute Gasteiger partial charge is 0.155 e. The Morgan fingerprint density at radius 2 is 2.24 bits per heavy atom. The van der Waals surface area contributed by atoms with Crippen LogP contribution in [-0.4, -0.2) is 26.5 Å². The van der Waals surface area contributed by atoms with Gasteiger partial charge < -0.3 is 5.32 Å². The first-order valence-corrected chi connectivity index (χ1v) is 8.58. The molecular formula is C12H19NO2S2. The van der Waals surface area contributed by atoms with Crippen LogP contribution >= 0.6 is 11.3 Å². The summed E-state index contributed by atoms with van der Waals surface area (Å²) in [5, 5.41) is 5.00. The summed E-state index contributed by atoms with van der Waals surface area (Å²) < 4.78 is 24.3. The van der Waals surface area contributed by atoms with Gasteiger partial charge in [-0.15, -0.1) is 11.3 Å². The average Bonchev–Trinajstić information content (AvgIpc) is 2.68. The molecule has 5 heteroatoms. The highest BCUT2D eigenvalue weighted by Gasteiger charge is 2.35. The number of rotatable bonds is 3. The summed E-state index contributed by atoms with van der Waals surface area (Å²) in [5.74, 6) is 0.346. The van der Waals surface area contributed by atoms with Gasteiger partial charge in [-0.25, -0.2) is 8.42 Å². The molecule has 0 amide bonds. The lowest BCUT2D eigenvalue weighted by molar-refractivity contribution is 0.470. The summed E-state index contributed by atoms with van der Waals surface area (Å²) in [6.45, 7) is 2.05. The van der Waals surface area contributed by atoms with Gasteiger partial charge in [0.2, 0.25) is 0 Å². The Balaban J connectivity index is 2.29. The number of nitrogens with one attached hydrogen (secondary N) is 1. The maximum Gasteiger partial charge on any atom is 0.155 e. The predicted molar refractivity (Wildman–Crippen MR) is 72.3 cm³/mol. The molecule has 2 heterocycles. The molecule has 1 aliphatic heterocycles. The Morgan fingerprint density at radius 1 is 1.47 bits per heavy atom. The molecule has 1 N–H and O–H groups in total. The average molecular weight is 273 g/mol. The van der Waals surface area contributed by atoms with Gasteiger partial charge in [0.1, 0.15) is 0 Å². The van der Waals surface area contributed by atoms with Crippen molar-refractivity contribution in [2.24, 2.45) is 0 Å². The van der Waals surface area contributed by atoms with Crippen LogP contribution < -0.4 is 5.32 Å². The fourth-order valence-electron chi connectivity index (χ4n) is 2.55. The van der Waals surface area contributed by atoms with E-state index in [9.17, 15) is 8.42 Å². The van der Waals surface area contributed by atoms with E-state index in [1.165, 1.54) is 4.88 Å². The van der Waals surface area contributed by atoms with Crippen molar-refractivity contribution in [3.8, 4) is 0 Å². The van der Waals surface area contributed by atoms with Crippen molar-refractivity contribution in [2.75, 3.05) is 12.8 Å². The van der Waals surface area contributed by atoms with Gasteiger partial charge in [0, 0.05) is 10.9 Å². The Kier molecular flexibility index (Phi) is 3.90. The molecule has 3 nitrogen and oxygen atoms in total. The van der Waals surface area contributed by atoms with E-state index in [-0.39, 0.29) is 11.3 Å². The topological polar surface area (TPSA) is 46.2 Å². The third-order valence-corrected chi connectivity index (χ3v) is 6.59. The molecule has 1 aliphatic rings. The van der Waals surface area contributed by atoms with Gasteiger partial charge in [-0.05, 0) is 43.8 Å². The van der Waals surface area contributed by atoms with Gasteiger partial charge in [-0.1, -0.05) is 6.42 Å². The van der Waals surface area contributed by atoms with Crippen molar-refractivity contribution < 1.29 is 8.42 Å². The molecule has 0 aromatic carbocycles. The first kappa shape index (κ1) is 13.1. The molecule has 0 spiro atoms. The zero-order chi connectivity index (χ0) is 12.5. The Morgan fingerprint density at radius 3 is 2.76 bits per heavy atom. The molecule has 1 aromatic rings. The van der Waals surface area contributed by atoms with Crippen molar-refractivity contribution in [1.82, 2.24) is 5.32 Å². The summed E-state index contributed by atoms with van der Waals surface area (Å²) in [6, 6.07) is 2.04. The molecule has 1 saturated heterocycles. The molecule has 17 heavy (non-hydrogen) atoms. The molecule has 0 radical (unpaired) electrons. The maximum absolute atomic E-state index is 12.1. The second-order valence-electron chi connectivity index (χ2n) is 4.66. The largest absolute Gasteiger partial charge is 0.312 e. The van der Waals surface area contributed by atoms with Crippen LogP contribution in [0.25, 0.3) is 0 Å². The lowest BCUT2D eigenvalue weighted by Crippen LogP contribution is -2.39. The first-order chi connectivity index (χ1) is 8.04. The third kappa shape index (κ3) is 2.72. The van der Waals surface area contributed by atoms with E-state index in [1.54, 1.807) is 11.3 Å². The van der Waals surface area contributed by atoms with E-state index in [2.05, 4.69) is 23.7 Å². The lowest BCUT2D eigenvalue weighted by Gasteiger charge is -2.29. The second-order valence-corrected chi connectivity index (χ2v) is 8.11. The van der Waals surface area contributed by atoms with Crippen LogP contribution in [0.5, 0.6) is 0 Å². The zero-order valence-corrected chi connectivity index (χ0v) is 11.9. The van der Waals surface area contributed by atoms with Crippen LogP contribution in [0.3, 0.4) is 0 Å². The summed E-state index contributed by atoms with van der Waals surface area (Å²) in [6.07, 6.45) is 2.62. The summed E-state index contributed by atoms with van der Waals surface area (Å²) >= 11 is 1.68. The first-order valence-electron chi connectivity index (χ1n) is 5.98. The van der Waals surface area contributed by atoms with Crippen LogP contribution in [0.2, 0.25) is 0 Å². The van der Waals surface area contributed by atoms with E-state index in [0.29, 0.717) is 5.75 Å². The standard InChI is InChI=1S/C12H19NO2S2/c1-9-7-10(8-16-9)12(13-2)11-5-3-4-6-17(11,14)15/h7-8,11-13H,3-6H2,1-2H3. The van der Waals surface area contributed by atoms with Crippen molar-refractivity contribution in [2.45, 2.75) is 37.5 Å². The Labute approximate surface area is 107 Å². The van der Waals surface area contributed by atoms with E-state index in [0.717, 1.165) is 24.8 Å². The second kappa shape index (κ2) is 5.08. The highest BCUT2D eigenvalue weighted by atomic mass is 32.2. The molecule has 1 fully saturated rings. The van der Waals surface area contributed by atoms with Crippen LogP contribution in [0.15, 0.2) is 11.4 Å². The maximum atomic E-state index is 12.1. The molecule has 0 bridgehead atoms. The fourth-order valence-corrected chi connectivity index (χ4v) is 5.43. The van der Waals surface area contributed by atoms with E-state index < -0.39 is 9.84 Å². The lowest BCUT2D eigenvalue weighted by atomic mass is 10.0. The molecular weight excluding hydrogens is 254 g/mol. The SMILES string of the molecule is CNC(c1csc(C)c1)C1CCCCS1(=O)=O. The molecule has 2 rings (SSSR count). The Bertz CT molecular complexity index is 478. The number of aryl methyl sites for hydroxylation is 1.